The minimum absolute atomic E-state index is 0.209. The number of nitrogens with one attached hydrogen (secondary N) is 1. The standard InChI is InChI=1S/C15H20N4O3S/c1-8(2)14-16-9(3)12(23-14)10(4)19(5)15(21)13(20)17-11-6-7-22-18-11/h6-8,10H,1-5H3,(H,17,18,20)/t10-/m0/s1. The van der Waals surface area contributed by atoms with Crippen molar-refractivity contribution in [3.8, 4) is 0 Å². The molecule has 1 N–H and O–H groups in total. The van der Waals surface area contributed by atoms with Crippen molar-refractivity contribution in [3.63, 3.8) is 0 Å². The molecule has 8 heteroatoms. The minimum Gasteiger partial charge on any atom is -0.363 e. The van der Waals surface area contributed by atoms with Crippen LogP contribution in [0, 0.1) is 6.92 Å². The molecule has 0 spiro atoms. The van der Waals surface area contributed by atoms with Crippen molar-refractivity contribution in [2.45, 2.75) is 39.7 Å². The van der Waals surface area contributed by atoms with Crippen molar-refractivity contribution in [2.75, 3.05) is 12.4 Å². The fourth-order valence-corrected chi connectivity index (χ4v) is 3.19. The monoisotopic (exact) mass is 336 g/mol. The molecule has 0 aliphatic rings. The molecular formula is C15H20N4O3S. The molecule has 0 radical (unpaired) electrons. The molecule has 2 amide bonds. The Labute approximate surface area is 138 Å². The maximum absolute atomic E-state index is 12.3. The molecule has 0 saturated carbocycles. The summed E-state index contributed by atoms with van der Waals surface area (Å²) in [5.41, 5.74) is 0.891. The van der Waals surface area contributed by atoms with E-state index in [1.807, 2.05) is 13.8 Å². The summed E-state index contributed by atoms with van der Waals surface area (Å²) in [6, 6.07) is 1.23. The summed E-state index contributed by atoms with van der Waals surface area (Å²) in [6.07, 6.45) is 1.32. The molecule has 0 aliphatic carbocycles. The second-order valence-corrected chi connectivity index (χ2v) is 6.65. The fraction of sp³-hybridized carbons (Fsp3) is 0.467. The summed E-state index contributed by atoms with van der Waals surface area (Å²) >= 11 is 1.57. The highest BCUT2D eigenvalue weighted by molar-refractivity contribution is 7.11. The lowest BCUT2D eigenvalue weighted by Gasteiger charge is -2.23. The van der Waals surface area contributed by atoms with Crippen molar-refractivity contribution < 1.29 is 14.1 Å². The molecule has 23 heavy (non-hydrogen) atoms. The van der Waals surface area contributed by atoms with Crippen molar-refractivity contribution in [3.05, 3.63) is 27.9 Å². The van der Waals surface area contributed by atoms with Crippen molar-refractivity contribution >= 4 is 29.0 Å². The third kappa shape index (κ3) is 3.76. The Morgan fingerprint density at radius 3 is 2.57 bits per heavy atom. The molecule has 0 fully saturated rings. The first-order valence-electron chi connectivity index (χ1n) is 7.27. The van der Waals surface area contributed by atoms with E-state index < -0.39 is 11.8 Å². The van der Waals surface area contributed by atoms with Crippen LogP contribution in [0.15, 0.2) is 16.9 Å². The molecule has 7 nitrogen and oxygen atoms in total. The number of aromatic nitrogens is 2. The molecule has 124 valence electrons. The number of rotatable bonds is 4. The number of amides is 2. The Morgan fingerprint density at radius 1 is 1.35 bits per heavy atom. The highest BCUT2D eigenvalue weighted by atomic mass is 32.1. The van der Waals surface area contributed by atoms with Gasteiger partial charge in [-0.05, 0) is 13.8 Å². The van der Waals surface area contributed by atoms with Crippen LogP contribution in [0.25, 0.3) is 0 Å². The molecule has 0 aromatic carbocycles. The average molecular weight is 336 g/mol. The van der Waals surface area contributed by atoms with Gasteiger partial charge < -0.3 is 9.42 Å². The molecule has 2 aromatic heterocycles. The zero-order valence-electron chi connectivity index (χ0n) is 13.8. The number of hydrogen-bond acceptors (Lipinski definition) is 6. The van der Waals surface area contributed by atoms with Gasteiger partial charge in [-0.3, -0.25) is 14.9 Å². The SMILES string of the molecule is Cc1nc(C(C)C)sc1[C@H](C)N(C)C(=O)C(=O)Nc1ccon1. The first-order valence-corrected chi connectivity index (χ1v) is 8.08. The van der Waals surface area contributed by atoms with Crippen molar-refractivity contribution in [1.82, 2.24) is 15.0 Å². The van der Waals surface area contributed by atoms with Gasteiger partial charge in [-0.15, -0.1) is 11.3 Å². The molecule has 0 aliphatic heterocycles. The van der Waals surface area contributed by atoms with E-state index in [2.05, 4.69) is 33.8 Å². The van der Waals surface area contributed by atoms with Crippen molar-refractivity contribution in [1.29, 1.82) is 0 Å². The van der Waals surface area contributed by atoms with Crippen LogP contribution in [0.3, 0.4) is 0 Å². The number of thiazole rings is 1. The average Bonchev–Trinajstić information content (AvgIpc) is 3.14. The van der Waals surface area contributed by atoms with Crippen molar-refractivity contribution in [2.24, 2.45) is 0 Å². The third-order valence-corrected chi connectivity index (χ3v) is 5.13. The number of carbonyl (C=O) groups excluding carboxylic acids is 2. The number of likely N-dealkylation sites (N-methyl/N-ethyl adjacent to an activating group) is 1. The second-order valence-electron chi connectivity index (χ2n) is 5.59. The van der Waals surface area contributed by atoms with Gasteiger partial charge in [0.15, 0.2) is 5.82 Å². The topological polar surface area (TPSA) is 88.3 Å². The van der Waals surface area contributed by atoms with Crippen LogP contribution in [-0.2, 0) is 9.59 Å². The van der Waals surface area contributed by atoms with E-state index in [1.54, 1.807) is 18.4 Å². The quantitative estimate of drug-likeness (QED) is 0.867. The Hall–Kier alpha value is -2.22. The van der Waals surface area contributed by atoms with E-state index in [0.717, 1.165) is 15.6 Å². The van der Waals surface area contributed by atoms with Gasteiger partial charge in [-0.1, -0.05) is 19.0 Å². The Morgan fingerprint density at radius 2 is 2.04 bits per heavy atom. The van der Waals surface area contributed by atoms with E-state index in [0.29, 0.717) is 5.92 Å². The maximum atomic E-state index is 12.3. The second kappa shape index (κ2) is 6.91. The van der Waals surface area contributed by atoms with Crippen LogP contribution in [0.1, 0.15) is 48.3 Å². The normalized spacial score (nSPS) is 12.3. The fourth-order valence-electron chi connectivity index (χ4n) is 2.02. The predicted molar refractivity (Wildman–Crippen MR) is 87.3 cm³/mol. The summed E-state index contributed by atoms with van der Waals surface area (Å²) in [7, 11) is 1.60. The lowest BCUT2D eigenvalue weighted by atomic mass is 10.2. The van der Waals surface area contributed by atoms with E-state index in [9.17, 15) is 9.59 Å². The largest absolute Gasteiger partial charge is 0.363 e. The number of anilines is 1. The molecule has 0 unspecified atom stereocenters. The van der Waals surface area contributed by atoms with Gasteiger partial charge >= 0.3 is 11.8 Å². The summed E-state index contributed by atoms with van der Waals surface area (Å²) in [5.74, 6) is -0.851. The number of nitrogens with zero attached hydrogens (tertiary/aromatic N) is 3. The maximum Gasteiger partial charge on any atom is 0.315 e. The highest BCUT2D eigenvalue weighted by Crippen LogP contribution is 2.31. The third-order valence-electron chi connectivity index (χ3n) is 3.50. The van der Waals surface area contributed by atoms with Gasteiger partial charge in [0, 0.05) is 23.9 Å². The van der Waals surface area contributed by atoms with Crippen LogP contribution < -0.4 is 5.32 Å². The van der Waals surface area contributed by atoms with Gasteiger partial charge in [0.2, 0.25) is 0 Å². The van der Waals surface area contributed by atoms with Gasteiger partial charge in [-0.2, -0.15) is 0 Å². The molecule has 2 rings (SSSR count). The molecule has 0 bridgehead atoms. The number of carbonyl (C=O) groups is 2. The van der Waals surface area contributed by atoms with E-state index in [1.165, 1.54) is 17.2 Å². The summed E-state index contributed by atoms with van der Waals surface area (Å²) in [5, 5.41) is 6.98. The van der Waals surface area contributed by atoms with E-state index in [4.69, 9.17) is 0 Å². The van der Waals surface area contributed by atoms with Crippen LogP contribution in [0.2, 0.25) is 0 Å². The first kappa shape index (κ1) is 17.1. The van der Waals surface area contributed by atoms with Crippen LogP contribution in [0.5, 0.6) is 0 Å². The summed E-state index contributed by atoms with van der Waals surface area (Å²) in [4.78, 5) is 31.2. The molecule has 0 saturated heterocycles. The predicted octanol–water partition coefficient (Wildman–Crippen LogP) is 2.72. The number of aryl methyl sites for hydroxylation is 1. The number of hydrogen-bond donors (Lipinski definition) is 1. The molecule has 2 aromatic rings. The van der Waals surface area contributed by atoms with Crippen LogP contribution in [0.4, 0.5) is 5.82 Å². The highest BCUT2D eigenvalue weighted by Gasteiger charge is 2.27. The van der Waals surface area contributed by atoms with Gasteiger partial charge in [0.05, 0.1) is 16.7 Å². The van der Waals surface area contributed by atoms with Crippen LogP contribution >= 0.6 is 11.3 Å². The van der Waals surface area contributed by atoms with Gasteiger partial charge in [0.25, 0.3) is 0 Å². The molecule has 2 heterocycles. The van der Waals surface area contributed by atoms with Gasteiger partial charge in [0.1, 0.15) is 6.26 Å². The zero-order chi connectivity index (χ0) is 17.1. The Kier molecular flexibility index (Phi) is 5.15. The Bertz CT molecular complexity index is 694. The lowest BCUT2D eigenvalue weighted by molar-refractivity contribution is -0.143. The van der Waals surface area contributed by atoms with E-state index in [-0.39, 0.29) is 11.9 Å². The zero-order valence-corrected chi connectivity index (χ0v) is 14.6. The molecule has 1 atom stereocenters. The van der Waals surface area contributed by atoms with Crippen LogP contribution in [-0.4, -0.2) is 33.9 Å². The minimum atomic E-state index is -0.750. The smallest absolute Gasteiger partial charge is 0.315 e. The van der Waals surface area contributed by atoms with Gasteiger partial charge in [-0.25, -0.2) is 4.98 Å². The lowest BCUT2D eigenvalue weighted by Crippen LogP contribution is -2.38. The molecular weight excluding hydrogens is 316 g/mol. The first-order chi connectivity index (χ1) is 10.8. The summed E-state index contributed by atoms with van der Waals surface area (Å²) in [6.45, 7) is 7.95. The van der Waals surface area contributed by atoms with E-state index >= 15 is 0 Å². The Balaban J connectivity index is 2.10. The summed E-state index contributed by atoms with van der Waals surface area (Å²) < 4.78 is 4.62.